The molecule has 0 amide bonds. The zero-order valence-electron chi connectivity index (χ0n) is 16.0. The van der Waals surface area contributed by atoms with Gasteiger partial charge < -0.3 is 10.0 Å². The lowest BCUT2D eigenvalue weighted by atomic mass is 9.95. The Morgan fingerprint density at radius 1 is 0.926 bits per heavy atom. The third-order valence-electron chi connectivity index (χ3n) is 5.50. The molecule has 0 aliphatic carbocycles. The summed E-state index contributed by atoms with van der Waals surface area (Å²) in [7, 11) is 0. The van der Waals surface area contributed by atoms with E-state index in [4.69, 9.17) is 5.11 Å². The maximum absolute atomic E-state index is 9.09. The summed E-state index contributed by atoms with van der Waals surface area (Å²) in [5.41, 5.74) is 5.46. The third-order valence-corrected chi connectivity index (χ3v) is 6.65. The zero-order chi connectivity index (χ0) is 18.6. The van der Waals surface area contributed by atoms with Gasteiger partial charge in [0.2, 0.25) is 0 Å². The average molecular weight is 381 g/mol. The first-order valence-corrected chi connectivity index (χ1v) is 10.7. The number of hydrogen-bond donors (Lipinski definition) is 1. The predicted molar refractivity (Wildman–Crippen MR) is 113 cm³/mol. The van der Waals surface area contributed by atoms with Gasteiger partial charge in [0.25, 0.3) is 0 Å². The molecule has 1 N–H and O–H groups in total. The molecular formula is C23H28N2OS. The smallest absolute Gasteiger partial charge is 0.0558 e. The van der Waals surface area contributed by atoms with Gasteiger partial charge in [-0.05, 0) is 42.2 Å². The molecule has 142 valence electrons. The Balaban J connectivity index is 1.49. The van der Waals surface area contributed by atoms with Crippen molar-refractivity contribution in [2.75, 3.05) is 45.9 Å². The molecule has 2 aromatic rings. The van der Waals surface area contributed by atoms with Crippen molar-refractivity contribution in [1.29, 1.82) is 0 Å². The Labute approximate surface area is 166 Å². The van der Waals surface area contributed by atoms with E-state index in [0.29, 0.717) is 0 Å². The molecule has 27 heavy (non-hydrogen) atoms. The average Bonchev–Trinajstić information content (AvgIpc) is 2.69. The molecule has 4 rings (SSSR count). The Kier molecular flexibility index (Phi) is 5.98. The summed E-state index contributed by atoms with van der Waals surface area (Å²) in [6, 6.07) is 15.6. The second-order valence-electron chi connectivity index (χ2n) is 7.41. The van der Waals surface area contributed by atoms with Crippen molar-refractivity contribution < 1.29 is 5.11 Å². The van der Waals surface area contributed by atoms with Gasteiger partial charge in [-0.25, -0.2) is 0 Å². The molecule has 1 fully saturated rings. The van der Waals surface area contributed by atoms with Gasteiger partial charge >= 0.3 is 0 Å². The number of hydrogen-bond acceptors (Lipinski definition) is 4. The molecule has 0 saturated carbocycles. The minimum atomic E-state index is 0.266. The molecule has 3 nitrogen and oxygen atoms in total. The lowest BCUT2D eigenvalue weighted by molar-refractivity contribution is 0.114. The number of aliphatic hydroxyl groups is 1. The van der Waals surface area contributed by atoms with Crippen molar-refractivity contribution in [1.82, 2.24) is 9.80 Å². The van der Waals surface area contributed by atoms with E-state index in [1.165, 1.54) is 32.1 Å². The Hall–Kier alpha value is -1.59. The fraction of sp³-hybridized carbons (Fsp3) is 0.391. The van der Waals surface area contributed by atoms with Gasteiger partial charge in [0, 0.05) is 49.1 Å². The fourth-order valence-corrected chi connectivity index (χ4v) is 5.06. The van der Waals surface area contributed by atoms with Crippen molar-refractivity contribution in [3.8, 4) is 0 Å². The minimum absolute atomic E-state index is 0.266. The Bertz CT molecular complexity index is 825. The lowest BCUT2D eigenvalue weighted by Crippen LogP contribution is -2.47. The van der Waals surface area contributed by atoms with Crippen LogP contribution in [0.3, 0.4) is 0 Å². The first kappa shape index (κ1) is 18.8. The van der Waals surface area contributed by atoms with E-state index in [2.05, 4.69) is 65.3 Å². The number of nitrogens with zero attached hydrogens (tertiary/aromatic N) is 2. The van der Waals surface area contributed by atoms with E-state index < -0.39 is 0 Å². The quantitative estimate of drug-likeness (QED) is 0.726. The largest absolute Gasteiger partial charge is 0.395 e. The highest BCUT2D eigenvalue weighted by Crippen LogP contribution is 2.45. The van der Waals surface area contributed by atoms with Gasteiger partial charge in [-0.1, -0.05) is 53.7 Å². The summed E-state index contributed by atoms with van der Waals surface area (Å²) in [6.07, 6.45) is 3.51. The molecule has 0 spiro atoms. The molecule has 2 heterocycles. The van der Waals surface area contributed by atoms with Crippen LogP contribution in [0, 0.1) is 6.92 Å². The van der Waals surface area contributed by atoms with Gasteiger partial charge in [-0.15, -0.1) is 0 Å². The molecule has 2 aliphatic heterocycles. The maximum Gasteiger partial charge on any atom is 0.0558 e. The van der Waals surface area contributed by atoms with E-state index in [1.807, 2.05) is 11.8 Å². The number of benzene rings is 2. The molecule has 0 aromatic heterocycles. The van der Waals surface area contributed by atoms with Crippen LogP contribution in [0.15, 0.2) is 58.3 Å². The van der Waals surface area contributed by atoms with E-state index in [1.54, 1.807) is 0 Å². The van der Waals surface area contributed by atoms with Gasteiger partial charge in [-0.2, -0.15) is 0 Å². The van der Waals surface area contributed by atoms with Crippen LogP contribution >= 0.6 is 11.8 Å². The van der Waals surface area contributed by atoms with Crippen LogP contribution in [-0.4, -0.2) is 60.8 Å². The summed E-state index contributed by atoms with van der Waals surface area (Å²) in [6.45, 7) is 8.70. The van der Waals surface area contributed by atoms with Crippen molar-refractivity contribution in [3.05, 3.63) is 65.2 Å². The molecule has 0 bridgehead atoms. The first-order valence-electron chi connectivity index (χ1n) is 9.88. The van der Waals surface area contributed by atoms with Crippen LogP contribution in [0.5, 0.6) is 0 Å². The van der Waals surface area contributed by atoms with Crippen LogP contribution in [0.2, 0.25) is 0 Å². The maximum atomic E-state index is 9.09. The summed E-state index contributed by atoms with van der Waals surface area (Å²) < 4.78 is 0. The highest BCUT2D eigenvalue weighted by molar-refractivity contribution is 7.99. The summed E-state index contributed by atoms with van der Waals surface area (Å²) in [5.74, 6) is 0. The summed E-state index contributed by atoms with van der Waals surface area (Å²) in [5, 5.41) is 9.09. The number of aryl methyl sites for hydroxylation is 1. The number of aliphatic hydroxyl groups excluding tert-OH is 1. The van der Waals surface area contributed by atoms with Gasteiger partial charge in [0.15, 0.2) is 0 Å². The van der Waals surface area contributed by atoms with Crippen molar-refractivity contribution >= 4 is 17.3 Å². The molecular weight excluding hydrogens is 352 g/mol. The molecule has 0 unspecified atom stereocenters. The summed E-state index contributed by atoms with van der Waals surface area (Å²) >= 11 is 1.88. The van der Waals surface area contributed by atoms with Gasteiger partial charge in [-0.3, -0.25) is 4.90 Å². The van der Waals surface area contributed by atoms with E-state index >= 15 is 0 Å². The molecule has 2 aromatic carbocycles. The standard InChI is InChI=1S/C23H28N2OS/c1-18-8-9-23-21(17-18)19(20-5-2-3-7-22(20)27-23)6-4-10-24-11-13-25(14-12-24)15-16-26/h2-3,5-9,17,26H,4,10-16H2,1H3/b19-6+. The zero-order valence-corrected chi connectivity index (χ0v) is 16.8. The van der Waals surface area contributed by atoms with Crippen molar-refractivity contribution in [2.45, 2.75) is 23.1 Å². The SMILES string of the molecule is Cc1ccc2c(c1)/C(=C/CCN1CCN(CCO)CC1)c1ccccc1S2. The first-order chi connectivity index (χ1) is 13.2. The lowest BCUT2D eigenvalue weighted by Gasteiger charge is -2.34. The normalized spacial score (nSPS) is 19.1. The number of piperazine rings is 1. The summed E-state index contributed by atoms with van der Waals surface area (Å²) in [4.78, 5) is 7.62. The van der Waals surface area contributed by atoms with Gasteiger partial charge in [0.1, 0.15) is 0 Å². The second-order valence-corrected chi connectivity index (χ2v) is 8.49. The molecule has 0 atom stereocenters. The Morgan fingerprint density at radius 2 is 1.63 bits per heavy atom. The molecule has 1 saturated heterocycles. The van der Waals surface area contributed by atoms with Crippen LogP contribution in [0.4, 0.5) is 0 Å². The second kappa shape index (κ2) is 8.61. The fourth-order valence-electron chi connectivity index (χ4n) is 3.97. The third kappa shape index (κ3) is 4.30. The van der Waals surface area contributed by atoms with E-state index in [0.717, 1.165) is 45.7 Å². The highest BCUT2D eigenvalue weighted by Gasteiger charge is 2.21. The van der Waals surface area contributed by atoms with Crippen LogP contribution in [0.25, 0.3) is 5.57 Å². The van der Waals surface area contributed by atoms with Crippen LogP contribution < -0.4 is 0 Å². The molecule has 4 heteroatoms. The topological polar surface area (TPSA) is 26.7 Å². The van der Waals surface area contributed by atoms with Crippen LogP contribution in [-0.2, 0) is 0 Å². The van der Waals surface area contributed by atoms with E-state index in [9.17, 15) is 0 Å². The minimum Gasteiger partial charge on any atom is -0.395 e. The number of fused-ring (bicyclic) bond motifs is 2. The Morgan fingerprint density at radius 3 is 2.41 bits per heavy atom. The molecule has 0 radical (unpaired) electrons. The predicted octanol–water partition coefficient (Wildman–Crippen LogP) is 3.89. The highest BCUT2D eigenvalue weighted by atomic mass is 32.2. The number of β-amino-alcohol motifs (C(OH)–C–C–N with tert-alkyl or cyclic N) is 1. The van der Waals surface area contributed by atoms with Crippen molar-refractivity contribution in [2.24, 2.45) is 0 Å². The van der Waals surface area contributed by atoms with E-state index in [-0.39, 0.29) is 6.61 Å². The molecule has 2 aliphatic rings. The van der Waals surface area contributed by atoms with Gasteiger partial charge in [0.05, 0.1) is 6.61 Å². The monoisotopic (exact) mass is 380 g/mol. The van der Waals surface area contributed by atoms with Crippen LogP contribution in [0.1, 0.15) is 23.1 Å². The number of rotatable bonds is 5. The van der Waals surface area contributed by atoms with Crippen molar-refractivity contribution in [3.63, 3.8) is 0 Å².